The second-order valence-corrected chi connectivity index (χ2v) is 10.3. The maximum absolute atomic E-state index is 12.9. The van der Waals surface area contributed by atoms with Gasteiger partial charge in [0, 0.05) is 43.5 Å². The van der Waals surface area contributed by atoms with Gasteiger partial charge in [0.05, 0.1) is 11.0 Å². The van der Waals surface area contributed by atoms with Gasteiger partial charge < -0.3 is 20.3 Å². The molecule has 3 amide bonds. The fraction of sp³-hybridized carbons (Fsp3) is 0.417. The Morgan fingerprint density at radius 3 is 2.32 bits per heavy atom. The highest BCUT2D eigenvalue weighted by Crippen LogP contribution is 2.17. The number of hydrogen-bond acceptors (Lipinski definition) is 5. The molecule has 0 radical (unpaired) electrons. The van der Waals surface area contributed by atoms with Crippen molar-refractivity contribution in [2.24, 2.45) is 0 Å². The molecule has 3 N–H and O–H groups in total. The van der Waals surface area contributed by atoms with Crippen LogP contribution in [0.15, 0.2) is 59.5 Å². The molecule has 1 atom stereocenters. The van der Waals surface area contributed by atoms with E-state index in [1.807, 2.05) is 30.3 Å². The highest BCUT2D eigenvalue weighted by atomic mass is 32.2. The van der Waals surface area contributed by atoms with Crippen molar-refractivity contribution in [1.82, 2.24) is 14.9 Å². The van der Waals surface area contributed by atoms with Crippen LogP contribution in [0.5, 0.6) is 0 Å². The normalized spacial score (nSPS) is 19.1. The molecule has 10 heteroatoms. The summed E-state index contributed by atoms with van der Waals surface area (Å²) in [5, 5.41) is 5.75. The first-order chi connectivity index (χ1) is 16.4. The van der Waals surface area contributed by atoms with Gasteiger partial charge in [-0.15, -0.1) is 0 Å². The van der Waals surface area contributed by atoms with Gasteiger partial charge in [0.1, 0.15) is 0 Å². The Hall–Kier alpha value is -2.95. The summed E-state index contributed by atoms with van der Waals surface area (Å²) in [4.78, 5) is 26.9. The van der Waals surface area contributed by atoms with Crippen molar-refractivity contribution in [3.05, 3.63) is 60.2 Å². The lowest BCUT2D eigenvalue weighted by atomic mass is 10.0. The van der Waals surface area contributed by atoms with Gasteiger partial charge in [-0.1, -0.05) is 18.2 Å². The molecular formula is C24H30N4O5S. The van der Waals surface area contributed by atoms with E-state index in [4.69, 9.17) is 4.74 Å². The minimum Gasteiger partial charge on any atom is -0.377 e. The number of carbonyl (C=O) groups excluding carboxylic acids is 2. The minimum atomic E-state index is -3.66. The average molecular weight is 487 g/mol. The first-order valence-corrected chi connectivity index (χ1v) is 13.0. The molecule has 0 spiro atoms. The van der Waals surface area contributed by atoms with Crippen LogP contribution in [0, 0.1) is 0 Å². The van der Waals surface area contributed by atoms with Crippen molar-refractivity contribution in [2.75, 3.05) is 31.6 Å². The third-order valence-electron chi connectivity index (χ3n) is 6.09. The van der Waals surface area contributed by atoms with Gasteiger partial charge in [-0.05, 0) is 62.1 Å². The molecule has 1 unspecified atom stereocenters. The standard InChI is InChI=1S/C24H30N4O5S/c29-23(18-8-10-22(11-9-18)34(31,32)25-17-21-7-4-16-33-21)28-14-12-20(13-15-28)27-24(30)26-19-5-2-1-3-6-19/h1-3,5-6,8-11,20-21,25H,4,7,12-17H2,(H2,26,27,30). The lowest BCUT2D eigenvalue weighted by Crippen LogP contribution is -2.47. The molecule has 2 aliphatic heterocycles. The molecule has 34 heavy (non-hydrogen) atoms. The van der Waals surface area contributed by atoms with Crippen molar-refractivity contribution in [3.63, 3.8) is 0 Å². The zero-order valence-corrected chi connectivity index (χ0v) is 19.7. The summed E-state index contributed by atoms with van der Waals surface area (Å²) in [5.74, 6) is -0.150. The largest absolute Gasteiger partial charge is 0.377 e. The van der Waals surface area contributed by atoms with E-state index < -0.39 is 10.0 Å². The van der Waals surface area contributed by atoms with Gasteiger partial charge in [-0.2, -0.15) is 0 Å². The fourth-order valence-electron chi connectivity index (χ4n) is 4.15. The third kappa shape index (κ3) is 6.34. The summed E-state index contributed by atoms with van der Waals surface area (Å²) < 4.78 is 33.0. The first kappa shape index (κ1) is 24.2. The number of para-hydroxylation sites is 1. The molecular weight excluding hydrogens is 456 g/mol. The van der Waals surface area contributed by atoms with E-state index in [0.717, 1.165) is 18.5 Å². The van der Waals surface area contributed by atoms with Crippen molar-refractivity contribution < 1.29 is 22.7 Å². The van der Waals surface area contributed by atoms with Crippen LogP contribution in [-0.2, 0) is 14.8 Å². The zero-order chi connectivity index (χ0) is 24.0. The number of hydrogen-bond donors (Lipinski definition) is 3. The fourth-order valence-corrected chi connectivity index (χ4v) is 5.22. The molecule has 2 aromatic rings. The van der Waals surface area contributed by atoms with Crippen LogP contribution in [-0.4, -0.2) is 63.6 Å². The number of rotatable bonds is 7. The van der Waals surface area contributed by atoms with E-state index in [2.05, 4.69) is 15.4 Å². The van der Waals surface area contributed by atoms with E-state index in [1.54, 1.807) is 17.0 Å². The van der Waals surface area contributed by atoms with Crippen LogP contribution in [0.3, 0.4) is 0 Å². The van der Waals surface area contributed by atoms with Crippen LogP contribution in [0.4, 0.5) is 10.5 Å². The van der Waals surface area contributed by atoms with Gasteiger partial charge in [0.2, 0.25) is 10.0 Å². The van der Waals surface area contributed by atoms with Crippen molar-refractivity contribution >= 4 is 27.6 Å². The third-order valence-corrected chi connectivity index (χ3v) is 7.53. The SMILES string of the molecule is O=C(Nc1ccccc1)NC1CCN(C(=O)c2ccc(S(=O)(=O)NCC3CCCO3)cc2)CC1. The molecule has 9 nitrogen and oxygen atoms in total. The van der Waals surface area contributed by atoms with E-state index >= 15 is 0 Å². The first-order valence-electron chi connectivity index (χ1n) is 11.5. The number of nitrogens with zero attached hydrogens (tertiary/aromatic N) is 1. The number of nitrogens with one attached hydrogen (secondary N) is 3. The van der Waals surface area contributed by atoms with Gasteiger partial charge in [0.15, 0.2) is 0 Å². The van der Waals surface area contributed by atoms with Crippen LogP contribution in [0.25, 0.3) is 0 Å². The van der Waals surface area contributed by atoms with Crippen molar-refractivity contribution in [1.29, 1.82) is 0 Å². The van der Waals surface area contributed by atoms with Crippen LogP contribution in [0.1, 0.15) is 36.0 Å². The Bertz CT molecular complexity index is 1080. The second-order valence-electron chi connectivity index (χ2n) is 8.54. The van der Waals surface area contributed by atoms with Crippen molar-refractivity contribution in [2.45, 2.75) is 42.7 Å². The molecule has 2 saturated heterocycles. The van der Waals surface area contributed by atoms with Gasteiger partial charge in [-0.3, -0.25) is 4.79 Å². The predicted molar refractivity (Wildman–Crippen MR) is 128 cm³/mol. The van der Waals surface area contributed by atoms with Crippen LogP contribution >= 0.6 is 0 Å². The lowest BCUT2D eigenvalue weighted by molar-refractivity contribution is 0.0708. The monoisotopic (exact) mass is 486 g/mol. The number of carbonyl (C=O) groups is 2. The average Bonchev–Trinajstić information content (AvgIpc) is 3.37. The number of urea groups is 1. The quantitative estimate of drug-likeness (QED) is 0.556. The number of ether oxygens (including phenoxy) is 1. The molecule has 4 rings (SSSR count). The second kappa shape index (κ2) is 11.0. The Balaban J connectivity index is 1.25. The van der Waals surface area contributed by atoms with Crippen molar-refractivity contribution in [3.8, 4) is 0 Å². The summed E-state index contributed by atoms with van der Waals surface area (Å²) in [5.41, 5.74) is 1.16. The van der Waals surface area contributed by atoms with E-state index in [1.165, 1.54) is 12.1 Å². The number of piperidine rings is 1. The number of benzene rings is 2. The Morgan fingerprint density at radius 2 is 1.68 bits per heavy atom. The molecule has 2 aliphatic rings. The summed E-state index contributed by atoms with van der Waals surface area (Å²) in [6, 6.07) is 14.9. The Morgan fingerprint density at radius 1 is 0.971 bits per heavy atom. The predicted octanol–water partition coefficient (Wildman–Crippen LogP) is 2.57. The van der Waals surface area contributed by atoms with Gasteiger partial charge in [-0.25, -0.2) is 17.9 Å². The van der Waals surface area contributed by atoms with E-state index in [-0.39, 0.29) is 35.5 Å². The maximum Gasteiger partial charge on any atom is 0.319 e. The van der Waals surface area contributed by atoms with Gasteiger partial charge >= 0.3 is 6.03 Å². The van der Waals surface area contributed by atoms with Crippen LogP contribution in [0.2, 0.25) is 0 Å². The zero-order valence-electron chi connectivity index (χ0n) is 18.9. The van der Waals surface area contributed by atoms with Crippen LogP contribution < -0.4 is 15.4 Å². The highest BCUT2D eigenvalue weighted by molar-refractivity contribution is 7.89. The molecule has 0 saturated carbocycles. The molecule has 2 fully saturated rings. The van der Waals surface area contributed by atoms with Gasteiger partial charge in [0.25, 0.3) is 5.91 Å². The summed E-state index contributed by atoms with van der Waals surface area (Å²) in [7, 11) is -3.66. The number of likely N-dealkylation sites (tertiary alicyclic amines) is 1. The number of anilines is 1. The number of sulfonamides is 1. The summed E-state index contributed by atoms with van der Waals surface area (Å²) in [6.45, 7) is 1.93. The maximum atomic E-state index is 12.9. The Labute approximate surface area is 199 Å². The lowest BCUT2D eigenvalue weighted by Gasteiger charge is -2.32. The molecule has 2 aromatic carbocycles. The molecule has 182 valence electrons. The smallest absolute Gasteiger partial charge is 0.319 e. The highest BCUT2D eigenvalue weighted by Gasteiger charge is 2.25. The Kier molecular flexibility index (Phi) is 7.81. The van der Waals surface area contributed by atoms with E-state index in [9.17, 15) is 18.0 Å². The summed E-state index contributed by atoms with van der Waals surface area (Å²) in [6.07, 6.45) is 3.00. The number of amides is 3. The molecule has 2 heterocycles. The van der Waals surface area contributed by atoms with E-state index in [0.29, 0.717) is 38.1 Å². The minimum absolute atomic E-state index is 0.0183. The molecule has 0 bridgehead atoms. The molecule has 0 aromatic heterocycles. The summed E-state index contributed by atoms with van der Waals surface area (Å²) >= 11 is 0. The molecule has 0 aliphatic carbocycles. The topological polar surface area (TPSA) is 117 Å².